The van der Waals surface area contributed by atoms with Crippen molar-refractivity contribution in [3.63, 3.8) is 0 Å². The van der Waals surface area contributed by atoms with Crippen molar-refractivity contribution in [1.82, 2.24) is 15.0 Å². The SMILES string of the molecule is O=C(c1cc(-c2ccccc2)cc(-c2ccccc2)c1)c1nc(C2=CCCC=C2)nc(-c2ccccc2)n1. The van der Waals surface area contributed by atoms with Crippen LogP contribution in [0.25, 0.3) is 39.2 Å². The average Bonchev–Trinajstić information content (AvgIpc) is 3.02. The van der Waals surface area contributed by atoms with Crippen molar-refractivity contribution in [2.45, 2.75) is 12.8 Å². The minimum absolute atomic E-state index is 0.137. The molecule has 0 spiro atoms. The minimum atomic E-state index is -0.235. The zero-order valence-electron chi connectivity index (χ0n) is 20.8. The van der Waals surface area contributed by atoms with E-state index >= 15 is 0 Å². The van der Waals surface area contributed by atoms with Crippen molar-refractivity contribution < 1.29 is 4.79 Å². The van der Waals surface area contributed by atoms with Crippen LogP contribution in [-0.2, 0) is 0 Å². The molecule has 0 saturated heterocycles. The molecule has 4 aromatic carbocycles. The Balaban J connectivity index is 1.50. The van der Waals surface area contributed by atoms with Crippen LogP contribution >= 0.6 is 0 Å². The van der Waals surface area contributed by atoms with E-state index in [0.717, 1.165) is 46.2 Å². The number of rotatable bonds is 6. The Morgan fingerprint density at radius 3 is 1.66 bits per heavy atom. The summed E-state index contributed by atoms with van der Waals surface area (Å²) in [6, 6.07) is 35.9. The number of hydrogen-bond acceptors (Lipinski definition) is 4. The van der Waals surface area contributed by atoms with Crippen molar-refractivity contribution in [2.75, 3.05) is 0 Å². The topological polar surface area (TPSA) is 55.7 Å². The molecule has 5 aromatic rings. The molecule has 0 saturated carbocycles. The summed E-state index contributed by atoms with van der Waals surface area (Å²) in [6.07, 6.45) is 8.15. The summed E-state index contributed by atoms with van der Waals surface area (Å²) < 4.78 is 0. The number of carbonyl (C=O) groups excluding carboxylic acids is 1. The largest absolute Gasteiger partial charge is 0.285 e. The molecule has 1 aromatic heterocycles. The van der Waals surface area contributed by atoms with E-state index < -0.39 is 0 Å². The number of benzene rings is 4. The molecule has 1 aliphatic carbocycles. The Labute approximate surface area is 222 Å². The van der Waals surface area contributed by atoms with Gasteiger partial charge in [-0.3, -0.25) is 4.79 Å². The van der Waals surface area contributed by atoms with Gasteiger partial charge in [0.15, 0.2) is 11.6 Å². The summed E-state index contributed by atoms with van der Waals surface area (Å²) in [5, 5.41) is 0. The van der Waals surface area contributed by atoms with Crippen LogP contribution < -0.4 is 0 Å². The summed E-state index contributed by atoms with van der Waals surface area (Å²) >= 11 is 0. The maximum atomic E-state index is 14.0. The molecule has 4 heteroatoms. The zero-order chi connectivity index (χ0) is 25.7. The number of hydrogen-bond donors (Lipinski definition) is 0. The van der Waals surface area contributed by atoms with Gasteiger partial charge >= 0.3 is 0 Å². The van der Waals surface area contributed by atoms with Gasteiger partial charge in [0.1, 0.15) is 0 Å². The third kappa shape index (κ3) is 4.97. The minimum Gasteiger partial charge on any atom is -0.285 e. The van der Waals surface area contributed by atoms with Crippen molar-refractivity contribution in [3.8, 4) is 33.6 Å². The van der Waals surface area contributed by atoms with Gasteiger partial charge in [-0.1, -0.05) is 109 Å². The smallest absolute Gasteiger partial charge is 0.230 e. The number of allylic oxidation sites excluding steroid dienone is 4. The van der Waals surface area contributed by atoms with E-state index in [1.165, 1.54) is 0 Å². The lowest BCUT2D eigenvalue weighted by Gasteiger charge is -2.12. The van der Waals surface area contributed by atoms with Crippen molar-refractivity contribution in [1.29, 1.82) is 0 Å². The summed E-state index contributed by atoms with van der Waals surface area (Å²) in [6.45, 7) is 0. The lowest BCUT2D eigenvalue weighted by atomic mass is 9.94. The second kappa shape index (κ2) is 10.6. The number of ketones is 1. The van der Waals surface area contributed by atoms with Crippen molar-refractivity contribution >= 4 is 11.4 Å². The Kier molecular flexibility index (Phi) is 6.52. The lowest BCUT2D eigenvalue weighted by Crippen LogP contribution is -2.12. The molecule has 6 rings (SSSR count). The van der Waals surface area contributed by atoms with Gasteiger partial charge in [0.05, 0.1) is 0 Å². The molecule has 1 heterocycles. The standard InChI is InChI=1S/C34H25N3O/c38-31(30-22-28(24-13-5-1-6-14-24)21-29(23-30)25-15-7-2-8-16-25)34-36-32(26-17-9-3-10-18-26)35-33(37-34)27-19-11-4-12-20-27/h1-3,5-11,13-23H,4,12H2. The van der Waals surface area contributed by atoms with Crippen LogP contribution in [0.15, 0.2) is 127 Å². The van der Waals surface area contributed by atoms with Crippen LogP contribution in [0.5, 0.6) is 0 Å². The maximum absolute atomic E-state index is 14.0. The third-order valence-corrected chi connectivity index (χ3v) is 6.53. The fraction of sp³-hybridized carbons (Fsp3) is 0.0588. The van der Waals surface area contributed by atoms with Gasteiger partial charge in [-0.25, -0.2) is 15.0 Å². The van der Waals surface area contributed by atoms with Crippen molar-refractivity contribution in [2.24, 2.45) is 0 Å². The highest BCUT2D eigenvalue weighted by Gasteiger charge is 2.20. The molecule has 38 heavy (non-hydrogen) atoms. The number of carbonyl (C=O) groups is 1. The molecule has 0 N–H and O–H groups in total. The maximum Gasteiger partial charge on any atom is 0.230 e. The first-order valence-corrected chi connectivity index (χ1v) is 12.7. The van der Waals surface area contributed by atoms with Gasteiger partial charge < -0.3 is 0 Å². The first kappa shape index (κ1) is 23.4. The summed E-state index contributed by atoms with van der Waals surface area (Å²) in [5.74, 6) is 0.904. The highest BCUT2D eigenvalue weighted by molar-refractivity contribution is 6.08. The molecule has 0 bridgehead atoms. The van der Waals surface area contributed by atoms with E-state index in [-0.39, 0.29) is 11.6 Å². The predicted molar refractivity (Wildman–Crippen MR) is 152 cm³/mol. The lowest BCUT2D eigenvalue weighted by molar-refractivity contribution is 0.102. The Hall–Kier alpha value is -4.96. The van der Waals surface area contributed by atoms with Crippen LogP contribution in [-0.4, -0.2) is 20.7 Å². The second-order valence-corrected chi connectivity index (χ2v) is 9.17. The third-order valence-electron chi connectivity index (χ3n) is 6.53. The highest BCUT2D eigenvalue weighted by atomic mass is 16.1. The van der Waals surface area contributed by atoms with E-state index in [1.807, 2.05) is 84.9 Å². The number of nitrogens with zero attached hydrogens (tertiary/aromatic N) is 3. The van der Waals surface area contributed by atoms with Crippen LogP contribution in [0, 0.1) is 0 Å². The van der Waals surface area contributed by atoms with Gasteiger partial charge in [0.2, 0.25) is 11.6 Å². The molecule has 0 radical (unpaired) electrons. The molecule has 0 amide bonds. The molecule has 0 atom stereocenters. The molecule has 0 aliphatic heterocycles. The average molecular weight is 492 g/mol. The van der Waals surface area contributed by atoms with Crippen LogP contribution in [0.2, 0.25) is 0 Å². The Morgan fingerprint density at radius 2 is 1.11 bits per heavy atom. The van der Waals surface area contributed by atoms with Gasteiger partial charge in [-0.2, -0.15) is 0 Å². The fourth-order valence-electron chi connectivity index (χ4n) is 4.58. The molecular formula is C34H25N3O. The fourth-order valence-corrected chi connectivity index (χ4v) is 4.58. The van der Waals surface area contributed by atoms with E-state index in [4.69, 9.17) is 4.98 Å². The normalized spacial score (nSPS) is 12.7. The summed E-state index contributed by atoms with van der Waals surface area (Å²) in [5.41, 5.74) is 6.30. The zero-order valence-corrected chi connectivity index (χ0v) is 20.8. The molecule has 182 valence electrons. The first-order chi connectivity index (χ1) is 18.7. The quantitative estimate of drug-likeness (QED) is 0.227. The van der Waals surface area contributed by atoms with E-state index in [2.05, 4.69) is 52.5 Å². The van der Waals surface area contributed by atoms with Crippen LogP contribution in [0.4, 0.5) is 0 Å². The van der Waals surface area contributed by atoms with Gasteiger partial charge in [-0.15, -0.1) is 0 Å². The van der Waals surface area contributed by atoms with Gasteiger partial charge in [0, 0.05) is 16.7 Å². The second-order valence-electron chi connectivity index (χ2n) is 9.17. The summed E-state index contributed by atoms with van der Waals surface area (Å²) in [7, 11) is 0. The monoisotopic (exact) mass is 491 g/mol. The van der Waals surface area contributed by atoms with E-state index in [9.17, 15) is 4.79 Å². The first-order valence-electron chi connectivity index (χ1n) is 12.7. The Bertz CT molecular complexity index is 1600. The van der Waals surface area contributed by atoms with Gasteiger partial charge in [-0.05, 0) is 53.3 Å². The molecule has 0 unspecified atom stereocenters. The van der Waals surface area contributed by atoms with Crippen LogP contribution in [0.3, 0.4) is 0 Å². The van der Waals surface area contributed by atoms with E-state index in [1.54, 1.807) is 0 Å². The molecule has 0 fully saturated rings. The molecule has 4 nitrogen and oxygen atoms in total. The molecular weight excluding hydrogens is 466 g/mol. The highest BCUT2D eigenvalue weighted by Crippen LogP contribution is 2.30. The van der Waals surface area contributed by atoms with Crippen LogP contribution in [0.1, 0.15) is 34.8 Å². The van der Waals surface area contributed by atoms with Gasteiger partial charge in [0.25, 0.3) is 0 Å². The number of aromatic nitrogens is 3. The van der Waals surface area contributed by atoms with Crippen molar-refractivity contribution in [3.05, 3.63) is 145 Å². The van der Waals surface area contributed by atoms with E-state index in [0.29, 0.717) is 17.2 Å². The summed E-state index contributed by atoms with van der Waals surface area (Å²) in [4.78, 5) is 28.1. The Morgan fingerprint density at radius 1 is 0.553 bits per heavy atom. The molecule has 1 aliphatic rings. The predicted octanol–water partition coefficient (Wildman–Crippen LogP) is 7.84.